The topological polar surface area (TPSA) is 89.1 Å². The molecule has 2 N–H and O–H groups in total. The van der Waals surface area contributed by atoms with E-state index >= 15 is 0 Å². The van der Waals surface area contributed by atoms with Crippen molar-refractivity contribution in [3.63, 3.8) is 0 Å². The molecule has 3 amide bonds. The number of methoxy groups -OCH3 is 3. The number of amides is 3. The molecule has 1 aliphatic rings. The lowest BCUT2D eigenvalue weighted by Gasteiger charge is -2.30. The third-order valence-electron chi connectivity index (χ3n) is 5.08. The highest BCUT2D eigenvalue weighted by molar-refractivity contribution is 5.96. The molecule has 8 nitrogen and oxygen atoms in total. The predicted octanol–water partition coefficient (Wildman–Crippen LogP) is 2.81. The third-order valence-corrected chi connectivity index (χ3v) is 5.08. The van der Waals surface area contributed by atoms with Gasteiger partial charge in [0.05, 0.1) is 21.3 Å². The summed E-state index contributed by atoms with van der Waals surface area (Å²) in [5.74, 6) is 1.64. The second-order valence-electron chi connectivity index (χ2n) is 7.04. The molecule has 8 heteroatoms. The number of hydrogen-bond acceptors (Lipinski definition) is 5. The predicted molar refractivity (Wildman–Crippen MR) is 113 cm³/mol. The number of hydrogen-bond donors (Lipinski definition) is 2. The number of ether oxygens (including phenoxy) is 3. The van der Waals surface area contributed by atoms with Crippen LogP contribution in [0.25, 0.3) is 0 Å². The zero-order chi connectivity index (χ0) is 21.7. The van der Waals surface area contributed by atoms with Crippen molar-refractivity contribution in [2.24, 2.45) is 0 Å². The Hall–Kier alpha value is -3.42. The lowest BCUT2D eigenvalue weighted by atomic mass is 9.99. The van der Waals surface area contributed by atoms with E-state index in [1.165, 1.54) is 0 Å². The van der Waals surface area contributed by atoms with Crippen LogP contribution in [0.2, 0.25) is 0 Å². The van der Waals surface area contributed by atoms with Crippen molar-refractivity contribution in [2.45, 2.75) is 25.9 Å². The zero-order valence-electron chi connectivity index (χ0n) is 17.7. The number of fused-ring (bicyclic) bond motifs is 1. The summed E-state index contributed by atoms with van der Waals surface area (Å²) < 4.78 is 15.9. The van der Waals surface area contributed by atoms with Crippen molar-refractivity contribution in [2.75, 3.05) is 33.2 Å². The van der Waals surface area contributed by atoms with Crippen molar-refractivity contribution >= 4 is 17.6 Å². The molecule has 1 atom stereocenters. The molecule has 0 aliphatic carbocycles. The molecule has 1 heterocycles. The minimum absolute atomic E-state index is 0.288. The maximum atomic E-state index is 12.7. The smallest absolute Gasteiger partial charge is 0.318 e. The molecular formula is C22H27N3O5. The highest BCUT2D eigenvalue weighted by Gasteiger charge is 2.25. The minimum Gasteiger partial charge on any atom is -0.497 e. The zero-order valence-corrected chi connectivity index (χ0v) is 17.7. The number of anilines is 1. The number of rotatable bonds is 6. The van der Waals surface area contributed by atoms with E-state index in [9.17, 15) is 9.59 Å². The summed E-state index contributed by atoms with van der Waals surface area (Å²) in [6.07, 6.45) is 0.702. The van der Waals surface area contributed by atoms with Crippen molar-refractivity contribution in [3.8, 4) is 17.2 Å². The van der Waals surface area contributed by atoms with Gasteiger partial charge in [-0.25, -0.2) is 4.79 Å². The Morgan fingerprint density at radius 2 is 1.70 bits per heavy atom. The first-order valence-electron chi connectivity index (χ1n) is 9.69. The third kappa shape index (κ3) is 4.76. The molecule has 0 fully saturated rings. The summed E-state index contributed by atoms with van der Waals surface area (Å²) in [7, 11) is 4.75. The fourth-order valence-corrected chi connectivity index (χ4v) is 3.35. The first-order valence-corrected chi connectivity index (χ1v) is 9.69. The second kappa shape index (κ2) is 9.39. The summed E-state index contributed by atoms with van der Waals surface area (Å²) in [5.41, 5.74) is 2.73. The van der Waals surface area contributed by atoms with Crippen LogP contribution in [0, 0.1) is 0 Å². The number of nitrogens with zero attached hydrogens (tertiary/aromatic N) is 1. The van der Waals surface area contributed by atoms with E-state index in [0.29, 0.717) is 42.4 Å². The minimum atomic E-state index is -0.699. The molecular weight excluding hydrogens is 386 g/mol. The van der Waals surface area contributed by atoms with Gasteiger partial charge in [-0.05, 0) is 48.7 Å². The molecule has 0 bridgehead atoms. The summed E-state index contributed by atoms with van der Waals surface area (Å²) in [6, 6.07) is 9.92. The first-order chi connectivity index (χ1) is 14.4. The standard InChI is InChI=1S/C22H27N3O5/c1-14(21(26)24-17-6-5-7-18(12-17)28-2)23-22(27)25-9-8-15-10-19(29-3)20(30-4)11-16(15)13-25/h5-7,10-12,14H,8-9,13H2,1-4H3,(H,23,27)(H,24,26). The average molecular weight is 413 g/mol. The van der Waals surface area contributed by atoms with Crippen molar-refractivity contribution in [3.05, 3.63) is 47.5 Å². The maximum absolute atomic E-state index is 12.7. The number of carbonyl (C=O) groups excluding carboxylic acids is 2. The van der Waals surface area contributed by atoms with Gasteiger partial charge in [0.25, 0.3) is 0 Å². The molecule has 0 radical (unpaired) electrons. The molecule has 0 saturated heterocycles. The lowest BCUT2D eigenvalue weighted by molar-refractivity contribution is -0.117. The molecule has 0 saturated carbocycles. The molecule has 0 spiro atoms. The number of benzene rings is 2. The highest BCUT2D eigenvalue weighted by atomic mass is 16.5. The lowest BCUT2D eigenvalue weighted by Crippen LogP contribution is -2.49. The Morgan fingerprint density at radius 1 is 1.00 bits per heavy atom. The molecule has 0 aromatic heterocycles. The maximum Gasteiger partial charge on any atom is 0.318 e. The van der Waals surface area contributed by atoms with Crippen LogP contribution in [0.3, 0.4) is 0 Å². The van der Waals surface area contributed by atoms with Gasteiger partial charge >= 0.3 is 6.03 Å². The van der Waals surface area contributed by atoms with Crippen LogP contribution in [-0.4, -0.2) is 50.8 Å². The Morgan fingerprint density at radius 3 is 2.37 bits per heavy atom. The van der Waals surface area contributed by atoms with Crippen LogP contribution in [-0.2, 0) is 17.8 Å². The van der Waals surface area contributed by atoms with E-state index < -0.39 is 6.04 Å². The molecule has 2 aromatic rings. The monoisotopic (exact) mass is 413 g/mol. The fraction of sp³-hybridized carbons (Fsp3) is 0.364. The van der Waals surface area contributed by atoms with Crippen LogP contribution in [0.4, 0.5) is 10.5 Å². The highest BCUT2D eigenvalue weighted by Crippen LogP contribution is 2.33. The van der Waals surface area contributed by atoms with Gasteiger partial charge in [-0.15, -0.1) is 0 Å². The summed E-state index contributed by atoms with van der Waals surface area (Å²) in [4.78, 5) is 26.9. The normalized spacial score (nSPS) is 13.7. The van der Waals surface area contributed by atoms with Gasteiger partial charge in [0.1, 0.15) is 11.8 Å². The van der Waals surface area contributed by atoms with E-state index in [2.05, 4.69) is 10.6 Å². The summed E-state index contributed by atoms with van der Waals surface area (Å²) in [5, 5.41) is 5.55. The Kier molecular flexibility index (Phi) is 6.66. The van der Waals surface area contributed by atoms with Crippen molar-refractivity contribution < 1.29 is 23.8 Å². The molecule has 1 unspecified atom stereocenters. The van der Waals surface area contributed by atoms with E-state index in [1.807, 2.05) is 12.1 Å². The largest absolute Gasteiger partial charge is 0.497 e. The molecule has 2 aromatic carbocycles. The van der Waals surface area contributed by atoms with Crippen LogP contribution >= 0.6 is 0 Å². The second-order valence-corrected chi connectivity index (χ2v) is 7.04. The van der Waals surface area contributed by atoms with Crippen LogP contribution in [0.1, 0.15) is 18.1 Å². The first kappa shape index (κ1) is 21.3. The number of urea groups is 1. The Balaban J connectivity index is 1.61. The van der Waals surface area contributed by atoms with Crippen molar-refractivity contribution in [1.29, 1.82) is 0 Å². The van der Waals surface area contributed by atoms with Crippen LogP contribution < -0.4 is 24.8 Å². The Labute approximate surface area is 176 Å². The van der Waals surface area contributed by atoms with E-state index in [4.69, 9.17) is 14.2 Å². The van der Waals surface area contributed by atoms with E-state index in [0.717, 1.165) is 11.1 Å². The van der Waals surface area contributed by atoms with Gasteiger partial charge in [0.2, 0.25) is 5.91 Å². The van der Waals surface area contributed by atoms with Gasteiger partial charge in [-0.1, -0.05) is 6.07 Å². The van der Waals surface area contributed by atoms with Crippen molar-refractivity contribution in [1.82, 2.24) is 10.2 Å². The quantitative estimate of drug-likeness (QED) is 0.760. The van der Waals surface area contributed by atoms with Gasteiger partial charge < -0.3 is 29.7 Å². The van der Waals surface area contributed by atoms with Gasteiger partial charge in [-0.3, -0.25) is 4.79 Å². The van der Waals surface area contributed by atoms with E-state index in [-0.39, 0.29) is 11.9 Å². The number of carbonyl (C=O) groups is 2. The molecule has 3 rings (SSSR count). The average Bonchev–Trinajstić information content (AvgIpc) is 2.77. The van der Waals surface area contributed by atoms with Crippen LogP contribution in [0.15, 0.2) is 36.4 Å². The van der Waals surface area contributed by atoms with Gasteiger partial charge in [0.15, 0.2) is 11.5 Å². The number of nitrogens with one attached hydrogen (secondary N) is 2. The van der Waals surface area contributed by atoms with Gasteiger partial charge in [0, 0.05) is 24.8 Å². The molecule has 1 aliphatic heterocycles. The van der Waals surface area contributed by atoms with Gasteiger partial charge in [-0.2, -0.15) is 0 Å². The molecule has 30 heavy (non-hydrogen) atoms. The Bertz CT molecular complexity index is 931. The van der Waals surface area contributed by atoms with E-state index in [1.54, 1.807) is 57.4 Å². The molecule has 160 valence electrons. The van der Waals surface area contributed by atoms with Crippen LogP contribution in [0.5, 0.6) is 17.2 Å². The fourth-order valence-electron chi connectivity index (χ4n) is 3.35. The SMILES string of the molecule is COc1cccc(NC(=O)C(C)NC(=O)N2CCc3cc(OC)c(OC)cc3C2)c1. The summed E-state index contributed by atoms with van der Waals surface area (Å²) in [6.45, 7) is 2.64. The summed E-state index contributed by atoms with van der Waals surface area (Å²) >= 11 is 0.